The van der Waals surface area contributed by atoms with Crippen LogP contribution in [0.2, 0.25) is 0 Å². The molecule has 77 heavy (non-hydrogen) atoms. The largest absolute Gasteiger partial charge is 0.494 e. The number of aliphatic hydroxyl groups is 1. The van der Waals surface area contributed by atoms with Crippen LogP contribution in [0.3, 0.4) is 0 Å². The maximum atomic E-state index is 14.2. The number of halogens is 2. The zero-order valence-corrected chi connectivity index (χ0v) is 45.3. The number of hydrogen-bond donors (Lipinski definition) is 7. The van der Waals surface area contributed by atoms with E-state index in [-0.39, 0.29) is 18.9 Å². The average Bonchev–Trinajstić information content (AvgIpc) is 3.84. The summed E-state index contributed by atoms with van der Waals surface area (Å²) < 4.78 is 38.5. The molecule has 0 radical (unpaired) electrons. The SMILES string of the molecule is C.CO.COc1ccc(Nc2nc(NC3CCCCCC3)nc(N(C)C3CCN(C)CC3)n2)cc1F.COc1ccc(Nc2nc(NC3CCCCCC3)nc(N(C)C3CCN(C)CC3)n2)cc1F.O=C(O)/C=C\C(=O)O. The standard InChI is InChI=1S/2C24H36FN7O.C4H4O4.CH4O.CH4/c2*1-31-14-12-19(13-15-31)32(2)24-29-22(26-17-8-6-4-5-7-9-17)28-23(30-24)27-18-10-11-21(33-3)20(25)16-18;5-3(6)1-2-4(7)8;1-2;/h2*10-11,16-17,19H,4-9,12-15H2,1-3H3,(H2,26,27,28,29,30);1-2H,(H,5,6)(H,7,8);2H,1H3;1H4/b;;2-1-;;. The molecule has 7 N–H and O–H groups in total. The number of likely N-dealkylation sites (tertiary alicyclic amines) is 2. The first-order chi connectivity index (χ1) is 36.7. The van der Waals surface area contributed by atoms with Gasteiger partial charge in [0.2, 0.25) is 35.7 Å². The van der Waals surface area contributed by atoms with Gasteiger partial charge in [0.15, 0.2) is 23.1 Å². The molecule has 426 valence electrons. The lowest BCUT2D eigenvalue weighted by molar-refractivity contribution is -0.134. The Morgan fingerprint density at radius 2 is 0.883 bits per heavy atom. The van der Waals surface area contributed by atoms with E-state index in [9.17, 15) is 18.4 Å². The van der Waals surface area contributed by atoms with Crippen LogP contribution in [0.4, 0.5) is 55.8 Å². The van der Waals surface area contributed by atoms with Gasteiger partial charge in [0.1, 0.15) is 0 Å². The first-order valence-corrected chi connectivity index (χ1v) is 26.3. The Labute approximate surface area is 453 Å². The summed E-state index contributed by atoms with van der Waals surface area (Å²) in [6, 6.07) is 11.0. The van der Waals surface area contributed by atoms with Crippen LogP contribution in [-0.2, 0) is 9.59 Å². The van der Waals surface area contributed by atoms with Crippen molar-refractivity contribution in [2.75, 3.05) is 107 Å². The second kappa shape index (κ2) is 32.8. The van der Waals surface area contributed by atoms with Gasteiger partial charge in [-0.2, -0.15) is 29.9 Å². The van der Waals surface area contributed by atoms with Gasteiger partial charge in [0.25, 0.3) is 0 Å². The molecule has 0 spiro atoms. The van der Waals surface area contributed by atoms with Crippen LogP contribution in [0, 0.1) is 11.6 Å². The molecule has 2 saturated carbocycles. The second-order valence-corrected chi connectivity index (χ2v) is 19.5. The summed E-state index contributed by atoms with van der Waals surface area (Å²) in [7, 11) is 12.3. The molecular weight excluding hydrogens is 995 g/mol. The zero-order chi connectivity index (χ0) is 55.0. The van der Waals surface area contributed by atoms with E-state index < -0.39 is 23.6 Å². The Balaban J connectivity index is 0.000000280. The maximum absolute atomic E-state index is 14.2. The molecule has 2 aromatic carbocycles. The van der Waals surface area contributed by atoms with Crippen molar-refractivity contribution in [2.45, 2.75) is 134 Å². The predicted molar refractivity (Wildman–Crippen MR) is 299 cm³/mol. The molecular formula is C54H84F2N14O7. The number of piperidine rings is 2. The van der Waals surface area contributed by atoms with Gasteiger partial charge < -0.3 is 65.7 Å². The fourth-order valence-corrected chi connectivity index (χ4v) is 9.48. The van der Waals surface area contributed by atoms with E-state index in [1.807, 2.05) is 0 Å². The zero-order valence-electron chi connectivity index (χ0n) is 45.3. The maximum Gasteiger partial charge on any atom is 0.328 e. The molecule has 4 aliphatic rings. The number of nitrogens with one attached hydrogen (secondary N) is 4. The minimum atomic E-state index is -1.26. The Bertz CT molecular complexity index is 2260. The third kappa shape index (κ3) is 21.0. The van der Waals surface area contributed by atoms with Gasteiger partial charge in [-0.25, -0.2) is 18.4 Å². The number of methoxy groups -OCH3 is 2. The van der Waals surface area contributed by atoms with Crippen molar-refractivity contribution >= 4 is 59.0 Å². The van der Waals surface area contributed by atoms with Gasteiger partial charge in [-0.05, 0) is 116 Å². The summed E-state index contributed by atoms with van der Waals surface area (Å²) in [6.07, 6.45) is 19.9. The van der Waals surface area contributed by atoms with Crippen LogP contribution in [0.25, 0.3) is 0 Å². The van der Waals surface area contributed by atoms with Gasteiger partial charge in [0.05, 0.1) is 14.2 Å². The molecule has 0 amide bonds. The molecule has 4 aromatic rings. The van der Waals surface area contributed by atoms with Gasteiger partial charge in [-0.3, -0.25) is 0 Å². The van der Waals surface area contributed by atoms with E-state index in [1.54, 1.807) is 24.3 Å². The van der Waals surface area contributed by atoms with Crippen LogP contribution in [-0.4, -0.2) is 167 Å². The smallest absolute Gasteiger partial charge is 0.328 e. The summed E-state index contributed by atoms with van der Waals surface area (Å²) in [4.78, 5) is 56.3. The Hall–Kier alpha value is -6.72. The number of aromatic nitrogens is 6. The van der Waals surface area contributed by atoms with Crippen molar-refractivity contribution in [2.24, 2.45) is 0 Å². The lowest BCUT2D eigenvalue weighted by atomic mass is 10.0. The quantitative estimate of drug-likeness (QED) is 0.0409. The lowest BCUT2D eigenvalue weighted by Crippen LogP contribution is -2.42. The number of rotatable bonds is 16. The number of benzene rings is 2. The van der Waals surface area contributed by atoms with Crippen molar-refractivity contribution in [3.05, 3.63) is 60.2 Å². The monoisotopic (exact) mass is 1080 g/mol. The van der Waals surface area contributed by atoms with Gasteiger partial charge >= 0.3 is 11.9 Å². The number of carboxylic acids is 2. The summed E-state index contributed by atoms with van der Waals surface area (Å²) in [5.74, 6) is 0.240. The molecule has 2 aliphatic carbocycles. The van der Waals surface area contributed by atoms with Crippen LogP contribution < -0.4 is 40.5 Å². The number of nitrogens with zero attached hydrogens (tertiary/aromatic N) is 10. The van der Waals surface area contributed by atoms with Crippen LogP contribution in [0.1, 0.15) is 110 Å². The summed E-state index contributed by atoms with van der Waals surface area (Å²) in [6.45, 7) is 4.24. The average molecular weight is 1080 g/mol. The molecule has 2 aromatic heterocycles. The topological polar surface area (TPSA) is 252 Å². The molecule has 4 heterocycles. The molecule has 0 unspecified atom stereocenters. The highest BCUT2D eigenvalue weighted by Crippen LogP contribution is 2.29. The van der Waals surface area contributed by atoms with Crippen molar-refractivity contribution < 1.29 is 43.2 Å². The van der Waals surface area contributed by atoms with E-state index in [2.05, 4.69) is 79.0 Å². The molecule has 23 heteroatoms. The number of anilines is 8. The van der Waals surface area contributed by atoms with Gasteiger partial charge in [0, 0.05) is 81.0 Å². The minimum Gasteiger partial charge on any atom is -0.494 e. The molecule has 2 saturated heterocycles. The highest BCUT2D eigenvalue weighted by Gasteiger charge is 2.26. The van der Waals surface area contributed by atoms with Crippen molar-refractivity contribution in [3.8, 4) is 11.5 Å². The van der Waals surface area contributed by atoms with Crippen molar-refractivity contribution in [1.29, 1.82) is 0 Å². The molecule has 2 aliphatic heterocycles. The highest BCUT2D eigenvalue weighted by molar-refractivity contribution is 5.89. The number of carboxylic acid groups (broad SMARTS) is 2. The lowest BCUT2D eigenvalue weighted by Gasteiger charge is -2.35. The molecule has 0 bridgehead atoms. The fourth-order valence-electron chi connectivity index (χ4n) is 9.48. The van der Waals surface area contributed by atoms with E-state index >= 15 is 0 Å². The normalized spacial score (nSPS) is 17.0. The summed E-state index contributed by atoms with van der Waals surface area (Å²) in [5.41, 5.74) is 1.13. The highest BCUT2D eigenvalue weighted by atomic mass is 19.1. The number of hydrogen-bond acceptors (Lipinski definition) is 19. The number of aliphatic hydroxyl groups excluding tert-OH is 1. The Morgan fingerprint density at radius 3 is 1.18 bits per heavy atom. The third-order valence-electron chi connectivity index (χ3n) is 13.9. The molecule has 4 fully saturated rings. The van der Waals surface area contributed by atoms with Gasteiger partial charge in [-0.1, -0.05) is 58.8 Å². The predicted octanol–water partition coefficient (Wildman–Crippen LogP) is 8.81. The van der Waals surface area contributed by atoms with Gasteiger partial charge in [-0.15, -0.1) is 0 Å². The summed E-state index contributed by atoms with van der Waals surface area (Å²) in [5, 5.41) is 36.0. The van der Waals surface area contributed by atoms with Crippen LogP contribution in [0.15, 0.2) is 48.6 Å². The Morgan fingerprint density at radius 1 is 0.558 bits per heavy atom. The van der Waals surface area contributed by atoms with E-state index in [0.717, 1.165) is 84.7 Å². The number of carbonyl (C=O) groups is 2. The molecule has 0 atom stereocenters. The van der Waals surface area contributed by atoms with Crippen LogP contribution >= 0.6 is 0 Å². The first kappa shape index (κ1) is 62.8. The van der Waals surface area contributed by atoms with Crippen molar-refractivity contribution in [1.82, 2.24) is 39.7 Å². The van der Waals surface area contributed by atoms with E-state index in [1.165, 1.54) is 77.7 Å². The Kier molecular flexibility index (Phi) is 26.7. The third-order valence-corrected chi connectivity index (χ3v) is 13.9. The van der Waals surface area contributed by atoms with E-state index in [4.69, 9.17) is 44.7 Å². The fraction of sp³-hybridized carbons (Fsp3) is 0.593. The first-order valence-electron chi connectivity index (χ1n) is 26.3. The minimum absolute atomic E-state index is 0. The summed E-state index contributed by atoms with van der Waals surface area (Å²) >= 11 is 0. The van der Waals surface area contributed by atoms with Crippen LogP contribution in [0.5, 0.6) is 11.5 Å². The second-order valence-electron chi connectivity index (χ2n) is 19.5. The number of aliphatic carboxylic acids is 2. The molecule has 8 rings (SSSR count). The molecule has 21 nitrogen and oxygen atoms in total. The number of ether oxygens (including phenoxy) is 2. The van der Waals surface area contributed by atoms with Crippen molar-refractivity contribution in [3.63, 3.8) is 0 Å². The van der Waals surface area contributed by atoms with E-state index in [0.29, 0.717) is 83.4 Å².